The maximum absolute atomic E-state index is 12.3. The summed E-state index contributed by atoms with van der Waals surface area (Å²) in [6.07, 6.45) is 4.73. The lowest BCUT2D eigenvalue weighted by molar-refractivity contribution is -0.118. The third-order valence-electron chi connectivity index (χ3n) is 4.37. The summed E-state index contributed by atoms with van der Waals surface area (Å²) in [5, 5.41) is 23.5. The first-order valence-electron chi connectivity index (χ1n) is 9.56. The molecule has 33 heavy (non-hydrogen) atoms. The number of halogens is 2. The molecule has 11 heteroatoms. The molecule has 1 amide bonds. The number of benzene rings is 2. The number of carbonyl (C=O) groups is 1. The van der Waals surface area contributed by atoms with Crippen molar-refractivity contribution >= 4 is 51.4 Å². The highest BCUT2D eigenvalue weighted by Crippen LogP contribution is 2.28. The summed E-state index contributed by atoms with van der Waals surface area (Å²) < 4.78 is 2.64. The molecule has 0 saturated carbocycles. The number of phenolic OH excluding ortho intramolecular Hbond substituents is 1. The second kappa shape index (κ2) is 10.6. The molecule has 0 aliphatic heterocycles. The largest absolute Gasteiger partial charge is 0.507 e. The first-order chi connectivity index (χ1) is 16.0. The van der Waals surface area contributed by atoms with Crippen LogP contribution in [0.25, 0.3) is 17.1 Å². The number of phenols is 1. The summed E-state index contributed by atoms with van der Waals surface area (Å²) in [4.78, 5) is 16.4. The number of aromatic hydroxyl groups is 1. The summed E-state index contributed by atoms with van der Waals surface area (Å²) in [6.45, 7) is 0. The van der Waals surface area contributed by atoms with Crippen molar-refractivity contribution in [3.8, 4) is 22.8 Å². The maximum atomic E-state index is 12.3. The lowest BCUT2D eigenvalue weighted by atomic mass is 10.2. The first-order valence-corrected chi connectivity index (χ1v) is 11.7. The third kappa shape index (κ3) is 5.78. The van der Waals surface area contributed by atoms with Crippen LogP contribution in [0.2, 0.25) is 5.02 Å². The maximum Gasteiger partial charge on any atom is 0.250 e. The fourth-order valence-electron chi connectivity index (χ4n) is 2.84. The molecular weight excluding hydrogens is 528 g/mol. The molecule has 2 N–H and O–H groups in total. The Balaban J connectivity index is 1.50. The molecule has 4 aromatic rings. The monoisotopic (exact) mass is 542 g/mol. The molecule has 2 aromatic carbocycles. The van der Waals surface area contributed by atoms with Crippen LogP contribution < -0.4 is 5.43 Å². The first kappa shape index (κ1) is 23.0. The summed E-state index contributed by atoms with van der Waals surface area (Å²) in [5.74, 6) is 0.405. The van der Waals surface area contributed by atoms with Crippen LogP contribution in [0.5, 0.6) is 5.75 Å². The number of carbonyl (C=O) groups excluding carboxylic acids is 1. The van der Waals surface area contributed by atoms with Gasteiger partial charge >= 0.3 is 0 Å². The Bertz CT molecular complexity index is 1300. The number of hydrogen-bond acceptors (Lipinski definition) is 7. The lowest BCUT2D eigenvalue weighted by Crippen LogP contribution is -2.20. The summed E-state index contributed by atoms with van der Waals surface area (Å²) in [5.41, 5.74) is 4.57. The van der Waals surface area contributed by atoms with Crippen molar-refractivity contribution < 1.29 is 9.90 Å². The molecule has 2 aromatic heterocycles. The van der Waals surface area contributed by atoms with Gasteiger partial charge in [-0.1, -0.05) is 39.3 Å². The number of pyridine rings is 1. The molecule has 166 valence electrons. The summed E-state index contributed by atoms with van der Waals surface area (Å²) >= 11 is 10.6. The fourth-order valence-corrected chi connectivity index (χ4v) is 4.09. The number of nitrogens with zero attached hydrogens (tertiary/aromatic N) is 5. The highest BCUT2D eigenvalue weighted by molar-refractivity contribution is 9.10. The highest BCUT2D eigenvalue weighted by Gasteiger charge is 2.17. The number of hydrogen-bond donors (Lipinski definition) is 2. The van der Waals surface area contributed by atoms with Crippen LogP contribution in [0.1, 0.15) is 5.56 Å². The Morgan fingerprint density at radius 2 is 1.91 bits per heavy atom. The molecule has 0 spiro atoms. The van der Waals surface area contributed by atoms with E-state index in [2.05, 4.69) is 41.6 Å². The molecule has 4 rings (SSSR count). The molecule has 0 saturated heterocycles. The normalized spacial score (nSPS) is 11.1. The minimum atomic E-state index is -0.332. The number of amides is 1. The fraction of sp³-hybridized carbons (Fsp3) is 0.0455. The quantitative estimate of drug-likeness (QED) is 0.199. The topological polar surface area (TPSA) is 105 Å². The van der Waals surface area contributed by atoms with Crippen LogP contribution in [0.3, 0.4) is 0 Å². The van der Waals surface area contributed by atoms with Gasteiger partial charge in [0.05, 0.1) is 12.0 Å². The van der Waals surface area contributed by atoms with E-state index in [1.165, 1.54) is 24.0 Å². The van der Waals surface area contributed by atoms with Gasteiger partial charge in [0.2, 0.25) is 0 Å². The zero-order valence-corrected chi connectivity index (χ0v) is 20.0. The van der Waals surface area contributed by atoms with Crippen molar-refractivity contribution in [2.75, 3.05) is 5.75 Å². The van der Waals surface area contributed by atoms with Crippen molar-refractivity contribution in [3.05, 3.63) is 82.0 Å². The van der Waals surface area contributed by atoms with Crippen LogP contribution in [-0.4, -0.2) is 42.7 Å². The SMILES string of the molecule is O=C(CSc1nnc(-c2ccncc2)n1-c1ccc(Cl)cc1)N/N=C\c1cc(Br)ccc1O. The van der Waals surface area contributed by atoms with E-state index < -0.39 is 0 Å². The number of thioether (sulfide) groups is 1. The standard InChI is InChI=1S/C22H16BrClN6O2S/c23-16-1-6-19(31)15(11-16)12-26-27-20(32)13-33-22-29-28-21(14-7-9-25-10-8-14)30(22)18-4-2-17(24)3-5-18/h1-12,31H,13H2,(H,27,32)/b26-12-. The van der Waals surface area contributed by atoms with E-state index in [4.69, 9.17) is 11.6 Å². The van der Waals surface area contributed by atoms with Gasteiger partial charge < -0.3 is 5.11 Å². The van der Waals surface area contributed by atoms with E-state index in [1.54, 1.807) is 36.7 Å². The highest BCUT2D eigenvalue weighted by atomic mass is 79.9. The van der Waals surface area contributed by atoms with Gasteiger partial charge in [-0.15, -0.1) is 10.2 Å². The van der Waals surface area contributed by atoms with Crippen LogP contribution in [-0.2, 0) is 4.79 Å². The van der Waals surface area contributed by atoms with Crippen LogP contribution in [0, 0.1) is 0 Å². The molecule has 0 aliphatic carbocycles. The zero-order chi connectivity index (χ0) is 23.2. The van der Waals surface area contributed by atoms with Gasteiger partial charge in [-0.3, -0.25) is 14.3 Å². The van der Waals surface area contributed by atoms with Crippen LogP contribution >= 0.6 is 39.3 Å². The van der Waals surface area contributed by atoms with E-state index >= 15 is 0 Å². The average Bonchev–Trinajstić information content (AvgIpc) is 3.25. The van der Waals surface area contributed by atoms with Crippen molar-refractivity contribution in [3.63, 3.8) is 0 Å². The second-order valence-electron chi connectivity index (χ2n) is 6.64. The zero-order valence-electron chi connectivity index (χ0n) is 16.9. The number of rotatable bonds is 7. The Kier molecular flexibility index (Phi) is 7.38. The smallest absolute Gasteiger partial charge is 0.250 e. The molecule has 0 fully saturated rings. The Hall–Kier alpha value is -3.21. The molecule has 0 bridgehead atoms. The van der Waals surface area contributed by atoms with Crippen molar-refractivity contribution in [1.82, 2.24) is 25.2 Å². The lowest BCUT2D eigenvalue weighted by Gasteiger charge is -2.10. The molecule has 0 radical (unpaired) electrons. The van der Waals surface area contributed by atoms with E-state index in [9.17, 15) is 9.90 Å². The summed E-state index contributed by atoms with van der Waals surface area (Å²) in [7, 11) is 0. The average molecular weight is 544 g/mol. The van der Waals surface area contributed by atoms with Gasteiger partial charge in [0.25, 0.3) is 5.91 Å². The molecular formula is C22H16BrClN6O2S. The molecule has 0 unspecified atom stereocenters. The number of hydrazone groups is 1. The van der Waals surface area contributed by atoms with E-state index in [1.807, 2.05) is 28.8 Å². The molecule has 0 aliphatic rings. The Labute approximate surface area is 206 Å². The molecule has 2 heterocycles. The second-order valence-corrected chi connectivity index (χ2v) is 8.93. The minimum Gasteiger partial charge on any atom is -0.507 e. The molecule has 0 atom stereocenters. The van der Waals surface area contributed by atoms with Gasteiger partial charge in [0.1, 0.15) is 5.75 Å². The van der Waals surface area contributed by atoms with Gasteiger partial charge in [0, 0.05) is 38.7 Å². The number of nitrogens with one attached hydrogen (secondary N) is 1. The van der Waals surface area contributed by atoms with Gasteiger partial charge in [-0.05, 0) is 54.6 Å². The van der Waals surface area contributed by atoms with Crippen molar-refractivity contribution in [2.24, 2.45) is 5.10 Å². The van der Waals surface area contributed by atoms with Crippen LogP contribution in [0.15, 0.2) is 81.7 Å². The third-order valence-corrected chi connectivity index (χ3v) is 6.05. The van der Waals surface area contributed by atoms with Gasteiger partial charge in [-0.25, -0.2) is 5.43 Å². The number of aromatic nitrogens is 4. The molecule has 8 nitrogen and oxygen atoms in total. The van der Waals surface area contributed by atoms with Crippen molar-refractivity contribution in [2.45, 2.75) is 5.16 Å². The van der Waals surface area contributed by atoms with E-state index in [0.29, 0.717) is 21.6 Å². The Morgan fingerprint density at radius 3 is 2.67 bits per heavy atom. The van der Waals surface area contributed by atoms with E-state index in [-0.39, 0.29) is 17.4 Å². The predicted molar refractivity (Wildman–Crippen MR) is 132 cm³/mol. The van der Waals surface area contributed by atoms with Crippen LogP contribution in [0.4, 0.5) is 0 Å². The van der Waals surface area contributed by atoms with Gasteiger partial charge in [0.15, 0.2) is 11.0 Å². The summed E-state index contributed by atoms with van der Waals surface area (Å²) in [6, 6.07) is 15.9. The van der Waals surface area contributed by atoms with Gasteiger partial charge in [-0.2, -0.15) is 5.10 Å². The minimum absolute atomic E-state index is 0.0594. The van der Waals surface area contributed by atoms with Crippen molar-refractivity contribution in [1.29, 1.82) is 0 Å². The predicted octanol–water partition coefficient (Wildman–Crippen LogP) is 4.69. The van der Waals surface area contributed by atoms with E-state index in [0.717, 1.165) is 15.7 Å². The Morgan fingerprint density at radius 1 is 1.15 bits per heavy atom.